The molecule has 4 saturated carbocycles. The molecule has 5 aliphatic rings. The number of allylic oxidation sites excluding steroid dienone is 6. The van der Waals surface area contributed by atoms with Gasteiger partial charge in [-0.1, -0.05) is 70.6 Å². The van der Waals surface area contributed by atoms with Gasteiger partial charge in [0.05, 0.1) is 24.2 Å². The number of ether oxygens (including phenoxy) is 3. The Morgan fingerprint density at radius 2 is 1.40 bits per heavy atom. The Bertz CT molecular complexity index is 1540. The minimum atomic E-state index is -1.32. The van der Waals surface area contributed by atoms with Crippen LogP contribution in [0.5, 0.6) is 0 Å². The molecule has 0 saturated heterocycles. The topological polar surface area (TPSA) is 140 Å². The Morgan fingerprint density at radius 1 is 0.808 bits per heavy atom. The minimum Gasteiger partial charge on any atom is -0.462 e. The molecular weight excluding hydrogens is 660 g/mol. The molecule has 0 aromatic rings. The summed E-state index contributed by atoms with van der Waals surface area (Å²) in [6.45, 7) is 20.2. The highest BCUT2D eigenvalue weighted by Gasteiger charge is 2.73. The van der Waals surface area contributed by atoms with Gasteiger partial charge < -0.3 is 29.5 Å². The Hall–Kier alpha value is -3.01. The van der Waals surface area contributed by atoms with Crippen molar-refractivity contribution in [1.29, 1.82) is 0 Å². The van der Waals surface area contributed by atoms with Crippen LogP contribution < -0.4 is 0 Å². The molecule has 9 heteroatoms. The van der Waals surface area contributed by atoms with E-state index in [1.54, 1.807) is 39.0 Å². The Kier molecular flexibility index (Phi) is 11.1. The second kappa shape index (κ2) is 14.3. The number of carbonyl (C=O) groups is 3. The summed E-state index contributed by atoms with van der Waals surface area (Å²) in [5.41, 5.74) is -2.71. The summed E-state index contributed by atoms with van der Waals surface area (Å²) in [6.07, 6.45) is 13.7. The number of hydrogen-bond donors (Lipinski definition) is 3. The number of aliphatic hydroxyl groups is 3. The van der Waals surface area contributed by atoms with Crippen molar-refractivity contribution in [3.05, 3.63) is 60.8 Å². The van der Waals surface area contributed by atoms with Gasteiger partial charge >= 0.3 is 17.9 Å². The standard InChI is InChI=1S/C43H62O9/c1-10-14-33(46)50-25-39(7)29-19-21-40(8)30(42(29,13-4)22-20-31(39)44)18-17-27-28-23-38(5,6)37(52-35(48)16-12-3)36(49)43(28,26-51-34(47)15-11-2)32(45)24-41(27,40)9/h10-17,28-32,36-37,44-45,49H,4,18-26H2,1-3,5-9H3/b14-10+,15-11+,16-12+/t28?,29?,30?,31-,32+,36-,37-,39+,40+,41+,42-,43-/m0/s1. The fourth-order valence-corrected chi connectivity index (χ4v) is 12.1. The molecule has 288 valence electrons. The first-order chi connectivity index (χ1) is 24.4. The predicted molar refractivity (Wildman–Crippen MR) is 198 cm³/mol. The van der Waals surface area contributed by atoms with Gasteiger partial charge in [0.15, 0.2) is 0 Å². The molecule has 5 aliphatic carbocycles. The molecule has 3 N–H and O–H groups in total. The Balaban J connectivity index is 1.61. The van der Waals surface area contributed by atoms with Crippen LogP contribution >= 0.6 is 0 Å². The summed E-state index contributed by atoms with van der Waals surface area (Å²) in [7, 11) is 0. The summed E-state index contributed by atoms with van der Waals surface area (Å²) in [4.78, 5) is 38.1. The van der Waals surface area contributed by atoms with E-state index in [4.69, 9.17) is 14.2 Å². The molecule has 0 heterocycles. The number of fused-ring (bicyclic) bond motifs is 7. The zero-order chi connectivity index (χ0) is 38.5. The van der Waals surface area contributed by atoms with Crippen molar-refractivity contribution in [3.8, 4) is 0 Å². The highest BCUT2D eigenvalue weighted by Crippen LogP contribution is 2.76. The van der Waals surface area contributed by atoms with Crippen LogP contribution in [-0.2, 0) is 28.6 Å². The lowest BCUT2D eigenvalue weighted by molar-refractivity contribution is -0.261. The van der Waals surface area contributed by atoms with Gasteiger partial charge in [-0.15, -0.1) is 6.58 Å². The van der Waals surface area contributed by atoms with Crippen LogP contribution in [0.25, 0.3) is 0 Å². The van der Waals surface area contributed by atoms with Gasteiger partial charge in [0.25, 0.3) is 0 Å². The summed E-state index contributed by atoms with van der Waals surface area (Å²) >= 11 is 0. The first-order valence-corrected chi connectivity index (χ1v) is 19.2. The lowest BCUT2D eigenvalue weighted by Gasteiger charge is -2.72. The van der Waals surface area contributed by atoms with Crippen molar-refractivity contribution < 1.29 is 43.9 Å². The Morgan fingerprint density at radius 3 is 2.00 bits per heavy atom. The third-order valence-electron chi connectivity index (χ3n) is 15.0. The molecule has 0 aromatic heterocycles. The number of aliphatic hydroxyl groups excluding tert-OH is 3. The van der Waals surface area contributed by atoms with Gasteiger partial charge in [0.1, 0.15) is 18.8 Å². The molecule has 3 unspecified atom stereocenters. The normalized spacial score (nSPS) is 43.8. The van der Waals surface area contributed by atoms with Crippen molar-refractivity contribution in [3.63, 3.8) is 0 Å². The molecule has 5 rings (SSSR count). The molecule has 0 amide bonds. The van der Waals surface area contributed by atoms with Crippen LogP contribution in [-0.4, -0.2) is 70.9 Å². The summed E-state index contributed by atoms with van der Waals surface area (Å²) < 4.78 is 17.5. The van der Waals surface area contributed by atoms with E-state index in [9.17, 15) is 29.7 Å². The van der Waals surface area contributed by atoms with Crippen LogP contribution in [0.3, 0.4) is 0 Å². The van der Waals surface area contributed by atoms with E-state index in [0.717, 1.165) is 31.3 Å². The maximum atomic E-state index is 12.8. The van der Waals surface area contributed by atoms with Gasteiger partial charge in [-0.3, -0.25) is 0 Å². The van der Waals surface area contributed by atoms with E-state index in [1.807, 2.05) is 13.8 Å². The van der Waals surface area contributed by atoms with Crippen molar-refractivity contribution in [2.24, 2.45) is 50.2 Å². The van der Waals surface area contributed by atoms with Gasteiger partial charge in [0, 0.05) is 29.1 Å². The van der Waals surface area contributed by atoms with Crippen LogP contribution in [0.2, 0.25) is 0 Å². The third kappa shape index (κ3) is 5.97. The molecule has 4 fully saturated rings. The van der Waals surface area contributed by atoms with E-state index >= 15 is 0 Å². The zero-order valence-corrected chi connectivity index (χ0v) is 32.5. The van der Waals surface area contributed by atoms with Crippen LogP contribution in [0.15, 0.2) is 60.8 Å². The van der Waals surface area contributed by atoms with E-state index in [0.29, 0.717) is 19.3 Å². The van der Waals surface area contributed by atoms with E-state index in [1.165, 1.54) is 18.2 Å². The third-order valence-corrected chi connectivity index (χ3v) is 15.0. The van der Waals surface area contributed by atoms with Crippen molar-refractivity contribution in [2.45, 2.75) is 125 Å². The van der Waals surface area contributed by atoms with Gasteiger partial charge in [-0.05, 0) is 99.7 Å². The Labute approximate surface area is 310 Å². The van der Waals surface area contributed by atoms with Crippen LogP contribution in [0, 0.1) is 50.2 Å². The van der Waals surface area contributed by atoms with E-state index in [-0.39, 0.29) is 41.8 Å². The zero-order valence-electron chi connectivity index (χ0n) is 32.5. The number of carbonyl (C=O) groups excluding carboxylic acids is 3. The largest absolute Gasteiger partial charge is 0.462 e. The van der Waals surface area contributed by atoms with E-state index < -0.39 is 64.0 Å². The fraction of sp³-hybridized carbons (Fsp3) is 0.698. The van der Waals surface area contributed by atoms with Crippen LogP contribution in [0.1, 0.15) is 100 Å². The molecule has 0 aromatic carbocycles. The monoisotopic (exact) mass is 722 g/mol. The van der Waals surface area contributed by atoms with E-state index in [2.05, 4.69) is 39.5 Å². The average Bonchev–Trinajstić information content (AvgIpc) is 3.07. The van der Waals surface area contributed by atoms with Gasteiger partial charge in [0.2, 0.25) is 0 Å². The number of hydrogen-bond acceptors (Lipinski definition) is 9. The minimum absolute atomic E-state index is 0.0120. The molecular formula is C43H62O9. The van der Waals surface area contributed by atoms with Crippen LogP contribution in [0.4, 0.5) is 0 Å². The second-order valence-electron chi connectivity index (χ2n) is 17.8. The predicted octanol–water partition coefficient (Wildman–Crippen LogP) is 6.57. The number of rotatable bonds is 9. The second-order valence-corrected chi connectivity index (χ2v) is 17.8. The molecule has 0 radical (unpaired) electrons. The summed E-state index contributed by atoms with van der Waals surface area (Å²) in [5, 5.41) is 36.5. The smallest absolute Gasteiger partial charge is 0.330 e. The highest BCUT2D eigenvalue weighted by atomic mass is 16.6. The molecule has 9 nitrogen and oxygen atoms in total. The molecule has 52 heavy (non-hydrogen) atoms. The summed E-state index contributed by atoms with van der Waals surface area (Å²) in [5.74, 6) is -1.80. The van der Waals surface area contributed by atoms with Gasteiger partial charge in [-0.2, -0.15) is 0 Å². The highest BCUT2D eigenvalue weighted by molar-refractivity contribution is 5.82. The van der Waals surface area contributed by atoms with Crippen molar-refractivity contribution >= 4 is 17.9 Å². The maximum Gasteiger partial charge on any atom is 0.330 e. The summed E-state index contributed by atoms with van der Waals surface area (Å²) in [6, 6.07) is 0. The molecule has 0 bridgehead atoms. The quantitative estimate of drug-likeness (QED) is 0.104. The fourth-order valence-electron chi connectivity index (χ4n) is 12.1. The first-order valence-electron chi connectivity index (χ1n) is 19.2. The molecule has 12 atom stereocenters. The number of esters is 3. The average molecular weight is 723 g/mol. The molecule has 0 aliphatic heterocycles. The van der Waals surface area contributed by atoms with Gasteiger partial charge in [-0.25, -0.2) is 14.4 Å². The van der Waals surface area contributed by atoms with Crippen molar-refractivity contribution in [1.82, 2.24) is 0 Å². The lowest BCUT2D eigenvalue weighted by Crippen LogP contribution is -2.72. The molecule has 0 spiro atoms. The lowest BCUT2D eigenvalue weighted by atomic mass is 9.32. The first kappa shape index (κ1) is 40.2. The van der Waals surface area contributed by atoms with Crippen molar-refractivity contribution in [2.75, 3.05) is 13.2 Å². The maximum absolute atomic E-state index is 12.8. The SMILES string of the molecule is C=C[C@]12CC[C@H](O)[C@](C)(COC(=O)/C=C/C)C1CC[C@]1(C)C2CC=C2C3CC(C)(C)[C@@H](OC(=O)/C=C/C)[C@H](O)[C@]3(COC(=O)/C=C/C)[C@H](O)C[C@]21C.